The predicted molar refractivity (Wildman–Crippen MR) is 51.0 cm³/mol. The van der Waals surface area contributed by atoms with E-state index in [0.29, 0.717) is 0 Å². The summed E-state index contributed by atoms with van der Waals surface area (Å²) in [4.78, 5) is 0. The summed E-state index contributed by atoms with van der Waals surface area (Å²) in [5.41, 5.74) is -1.20. The van der Waals surface area contributed by atoms with E-state index in [-0.39, 0.29) is 13.2 Å². The Balaban J connectivity index is 2.37. The maximum absolute atomic E-state index is 9.89. The summed E-state index contributed by atoms with van der Waals surface area (Å²) in [7, 11) is 0. The molecule has 0 spiro atoms. The lowest BCUT2D eigenvalue weighted by atomic mass is 9.81. The molecule has 5 unspecified atom stereocenters. The lowest BCUT2D eigenvalue weighted by molar-refractivity contribution is -0.288. The van der Waals surface area contributed by atoms with Crippen LogP contribution in [0.5, 0.6) is 0 Å². The molecule has 3 N–H and O–H groups in total. The van der Waals surface area contributed by atoms with Crippen LogP contribution < -0.4 is 0 Å². The molecular formula is C10H16O5. The summed E-state index contributed by atoms with van der Waals surface area (Å²) in [6.45, 7) is 4.95. The topological polar surface area (TPSA) is 79.2 Å². The molecule has 2 saturated heterocycles. The van der Waals surface area contributed by atoms with Crippen LogP contribution in [0.2, 0.25) is 0 Å². The largest absolute Gasteiger partial charge is 0.393 e. The van der Waals surface area contributed by atoms with Crippen molar-refractivity contribution in [2.24, 2.45) is 5.92 Å². The number of rotatable bonds is 2. The van der Waals surface area contributed by atoms with Gasteiger partial charge in [-0.05, 0) is 6.92 Å². The van der Waals surface area contributed by atoms with Gasteiger partial charge in [0.1, 0.15) is 11.7 Å². The van der Waals surface area contributed by atoms with E-state index in [2.05, 4.69) is 6.58 Å². The third-order valence-corrected chi connectivity index (χ3v) is 3.37. The predicted octanol–water partition coefficient (Wildman–Crippen LogP) is -0.982. The zero-order valence-electron chi connectivity index (χ0n) is 8.59. The Morgan fingerprint density at radius 2 is 2.20 bits per heavy atom. The van der Waals surface area contributed by atoms with Gasteiger partial charge < -0.3 is 24.8 Å². The molecule has 5 heteroatoms. The normalized spacial score (nSPS) is 54.3. The summed E-state index contributed by atoms with van der Waals surface area (Å²) in [5.74, 6) is -1.52. The number of aliphatic hydroxyl groups is 3. The number of fused-ring (bicyclic) bond motifs is 2. The zero-order chi connectivity index (χ0) is 11.3. The molecule has 0 aromatic carbocycles. The number of hydrogen-bond donors (Lipinski definition) is 3. The molecule has 2 aliphatic heterocycles. The van der Waals surface area contributed by atoms with E-state index in [1.807, 2.05) is 0 Å². The molecule has 86 valence electrons. The van der Waals surface area contributed by atoms with E-state index in [0.717, 1.165) is 0 Å². The molecule has 2 fully saturated rings. The van der Waals surface area contributed by atoms with Gasteiger partial charge in [-0.25, -0.2) is 0 Å². The summed E-state index contributed by atoms with van der Waals surface area (Å²) >= 11 is 0. The molecule has 0 radical (unpaired) electrons. The average molecular weight is 216 g/mol. The van der Waals surface area contributed by atoms with Crippen molar-refractivity contribution >= 4 is 0 Å². The van der Waals surface area contributed by atoms with Crippen LogP contribution in [0.1, 0.15) is 6.92 Å². The molecule has 15 heavy (non-hydrogen) atoms. The quantitative estimate of drug-likeness (QED) is 0.517. The van der Waals surface area contributed by atoms with Gasteiger partial charge in [-0.2, -0.15) is 0 Å². The Labute approximate surface area is 87.9 Å². The van der Waals surface area contributed by atoms with Gasteiger partial charge in [0, 0.05) is 0 Å². The second kappa shape index (κ2) is 3.26. The van der Waals surface area contributed by atoms with Crippen LogP contribution in [0.25, 0.3) is 0 Å². The number of aliphatic hydroxyl groups excluding tert-OH is 3. The highest BCUT2D eigenvalue weighted by Gasteiger charge is 2.63. The van der Waals surface area contributed by atoms with Crippen molar-refractivity contribution < 1.29 is 24.8 Å². The van der Waals surface area contributed by atoms with Crippen LogP contribution in [0.3, 0.4) is 0 Å². The minimum absolute atomic E-state index is 0.0720. The van der Waals surface area contributed by atoms with Crippen LogP contribution in [0.15, 0.2) is 12.7 Å². The van der Waals surface area contributed by atoms with E-state index in [9.17, 15) is 15.3 Å². The zero-order valence-corrected chi connectivity index (χ0v) is 8.59. The highest BCUT2D eigenvalue weighted by molar-refractivity contribution is 5.11. The first kappa shape index (κ1) is 11.0. The molecule has 0 aliphatic carbocycles. The van der Waals surface area contributed by atoms with Crippen molar-refractivity contribution in [3.63, 3.8) is 0 Å². The summed E-state index contributed by atoms with van der Waals surface area (Å²) in [5, 5.41) is 29.0. The molecule has 2 rings (SSSR count). The third kappa shape index (κ3) is 1.28. The number of hydrogen-bond acceptors (Lipinski definition) is 5. The van der Waals surface area contributed by atoms with Gasteiger partial charge in [-0.1, -0.05) is 6.08 Å². The van der Waals surface area contributed by atoms with Gasteiger partial charge in [-0.3, -0.25) is 0 Å². The van der Waals surface area contributed by atoms with Crippen LogP contribution in [-0.2, 0) is 9.47 Å². The Hall–Kier alpha value is -0.460. The fraction of sp³-hybridized carbons (Fsp3) is 0.800. The average Bonchev–Trinajstić information content (AvgIpc) is 2.54. The second-order valence-electron chi connectivity index (χ2n) is 4.33. The highest BCUT2D eigenvalue weighted by atomic mass is 16.8. The minimum Gasteiger partial charge on any atom is -0.393 e. The van der Waals surface area contributed by atoms with Gasteiger partial charge in [0.05, 0.1) is 25.2 Å². The van der Waals surface area contributed by atoms with Crippen LogP contribution in [0.4, 0.5) is 0 Å². The molecule has 0 saturated carbocycles. The van der Waals surface area contributed by atoms with Crippen LogP contribution in [-0.4, -0.2) is 52.1 Å². The van der Waals surface area contributed by atoms with Crippen molar-refractivity contribution in [2.45, 2.75) is 30.5 Å². The standard InChI is InChI=1S/C10H16O5/c1-3-6-7(12)8(13)10(4-11)5-14-9(6,2)15-10/h3,6-8,11-13H,1,4-5H2,2H3. The molecule has 5 nitrogen and oxygen atoms in total. The lowest BCUT2D eigenvalue weighted by Crippen LogP contribution is -2.63. The summed E-state index contributed by atoms with van der Waals surface area (Å²) in [6.07, 6.45) is -0.697. The fourth-order valence-corrected chi connectivity index (χ4v) is 2.38. The molecule has 2 heterocycles. The van der Waals surface area contributed by atoms with Gasteiger partial charge in [0.2, 0.25) is 0 Å². The van der Waals surface area contributed by atoms with E-state index in [1.54, 1.807) is 6.92 Å². The first-order chi connectivity index (χ1) is 6.99. The van der Waals surface area contributed by atoms with Crippen molar-refractivity contribution in [3.05, 3.63) is 12.7 Å². The summed E-state index contributed by atoms with van der Waals surface area (Å²) < 4.78 is 11.0. The van der Waals surface area contributed by atoms with Crippen molar-refractivity contribution in [1.82, 2.24) is 0 Å². The Morgan fingerprint density at radius 1 is 1.53 bits per heavy atom. The summed E-state index contributed by atoms with van der Waals surface area (Å²) in [6, 6.07) is 0. The van der Waals surface area contributed by atoms with Crippen molar-refractivity contribution in [1.29, 1.82) is 0 Å². The van der Waals surface area contributed by atoms with Gasteiger partial charge in [0.25, 0.3) is 0 Å². The fourth-order valence-electron chi connectivity index (χ4n) is 2.38. The van der Waals surface area contributed by atoms with Crippen LogP contribution >= 0.6 is 0 Å². The highest BCUT2D eigenvalue weighted by Crippen LogP contribution is 2.46. The first-order valence-electron chi connectivity index (χ1n) is 4.93. The lowest BCUT2D eigenvalue weighted by Gasteiger charge is -2.45. The molecule has 0 amide bonds. The van der Waals surface area contributed by atoms with E-state index in [4.69, 9.17) is 9.47 Å². The maximum Gasteiger partial charge on any atom is 0.175 e. The van der Waals surface area contributed by atoms with E-state index in [1.165, 1.54) is 6.08 Å². The maximum atomic E-state index is 9.89. The second-order valence-corrected chi connectivity index (χ2v) is 4.33. The van der Waals surface area contributed by atoms with Gasteiger partial charge in [-0.15, -0.1) is 6.58 Å². The SMILES string of the molecule is C=CC1C(O)C(O)C2(CO)COC1(C)O2. The molecule has 5 atom stereocenters. The van der Waals surface area contributed by atoms with Crippen molar-refractivity contribution in [2.75, 3.05) is 13.2 Å². The molecule has 0 aromatic rings. The molecule has 2 aliphatic rings. The van der Waals surface area contributed by atoms with Crippen molar-refractivity contribution in [3.8, 4) is 0 Å². The molecule has 0 aromatic heterocycles. The number of ether oxygens (including phenoxy) is 2. The van der Waals surface area contributed by atoms with Gasteiger partial charge in [0.15, 0.2) is 5.79 Å². The first-order valence-corrected chi connectivity index (χ1v) is 4.93. The minimum atomic E-state index is -1.20. The Morgan fingerprint density at radius 3 is 2.73 bits per heavy atom. The third-order valence-electron chi connectivity index (χ3n) is 3.37. The molecular weight excluding hydrogens is 200 g/mol. The monoisotopic (exact) mass is 216 g/mol. The van der Waals surface area contributed by atoms with Gasteiger partial charge >= 0.3 is 0 Å². The smallest absolute Gasteiger partial charge is 0.175 e. The Bertz CT molecular complexity index is 281. The molecule has 2 bridgehead atoms. The van der Waals surface area contributed by atoms with E-state index >= 15 is 0 Å². The van der Waals surface area contributed by atoms with Crippen LogP contribution in [0, 0.1) is 5.92 Å². The Kier molecular flexibility index (Phi) is 2.40. The van der Waals surface area contributed by atoms with E-state index < -0.39 is 29.5 Å².